The fourth-order valence-electron chi connectivity index (χ4n) is 2.57. The quantitative estimate of drug-likeness (QED) is 0.691. The molecule has 0 saturated heterocycles. The van der Waals surface area contributed by atoms with E-state index in [1.807, 2.05) is 11.8 Å². The fourth-order valence-corrected chi connectivity index (χ4v) is 3.88. The van der Waals surface area contributed by atoms with E-state index in [-0.39, 0.29) is 4.75 Å². The Morgan fingerprint density at radius 2 is 1.63 bits per heavy atom. The van der Waals surface area contributed by atoms with Crippen LogP contribution in [0.2, 0.25) is 0 Å². The molecule has 96 valence electrons. The molecule has 2 aromatic rings. The van der Waals surface area contributed by atoms with Gasteiger partial charge in [0.2, 0.25) is 0 Å². The maximum Gasteiger partial charge on any atom is 0.0431 e. The molecule has 0 aliphatic carbocycles. The van der Waals surface area contributed by atoms with E-state index in [9.17, 15) is 0 Å². The van der Waals surface area contributed by atoms with Gasteiger partial charge in [-0.1, -0.05) is 55.5 Å². The average Bonchev–Trinajstić information content (AvgIpc) is 2.47. The van der Waals surface area contributed by atoms with Crippen molar-refractivity contribution in [1.82, 2.24) is 0 Å². The molecule has 1 atom stereocenters. The third-order valence-electron chi connectivity index (χ3n) is 3.88. The lowest BCUT2D eigenvalue weighted by Gasteiger charge is -2.35. The SMILES string of the molecule is CCC1(C)Sc2ccccc2C=C1c1ccccc1. The van der Waals surface area contributed by atoms with Crippen LogP contribution in [0.15, 0.2) is 59.5 Å². The van der Waals surface area contributed by atoms with Crippen LogP contribution in [0.3, 0.4) is 0 Å². The lowest BCUT2D eigenvalue weighted by atomic mass is 9.89. The molecule has 1 unspecified atom stereocenters. The summed E-state index contributed by atoms with van der Waals surface area (Å²) in [5.41, 5.74) is 4.13. The highest BCUT2D eigenvalue weighted by molar-refractivity contribution is 8.01. The van der Waals surface area contributed by atoms with E-state index in [1.165, 1.54) is 21.6 Å². The maximum atomic E-state index is 2.37. The van der Waals surface area contributed by atoms with E-state index in [0.29, 0.717) is 0 Å². The number of rotatable bonds is 2. The Labute approximate surface area is 119 Å². The monoisotopic (exact) mass is 266 g/mol. The Morgan fingerprint density at radius 3 is 2.37 bits per heavy atom. The van der Waals surface area contributed by atoms with Crippen molar-refractivity contribution in [1.29, 1.82) is 0 Å². The molecule has 1 aliphatic heterocycles. The Morgan fingerprint density at radius 1 is 0.947 bits per heavy atom. The van der Waals surface area contributed by atoms with Gasteiger partial charge in [-0.2, -0.15) is 0 Å². The molecule has 1 heteroatoms. The zero-order valence-corrected chi connectivity index (χ0v) is 12.2. The molecule has 2 aromatic carbocycles. The van der Waals surface area contributed by atoms with E-state index < -0.39 is 0 Å². The second-order valence-corrected chi connectivity index (χ2v) is 6.69. The van der Waals surface area contributed by atoms with E-state index in [0.717, 1.165) is 6.42 Å². The largest absolute Gasteiger partial charge is 0.114 e. The highest BCUT2D eigenvalue weighted by Crippen LogP contribution is 2.50. The first kappa shape index (κ1) is 12.6. The first-order valence-electron chi connectivity index (χ1n) is 6.78. The highest BCUT2D eigenvalue weighted by atomic mass is 32.2. The minimum absolute atomic E-state index is 0.162. The number of hydrogen-bond acceptors (Lipinski definition) is 1. The van der Waals surface area contributed by atoms with Crippen LogP contribution in [0, 0.1) is 0 Å². The summed E-state index contributed by atoms with van der Waals surface area (Å²) in [5.74, 6) is 0. The highest BCUT2D eigenvalue weighted by Gasteiger charge is 2.33. The summed E-state index contributed by atoms with van der Waals surface area (Å²) < 4.78 is 0.162. The van der Waals surface area contributed by atoms with Crippen molar-refractivity contribution in [2.45, 2.75) is 29.9 Å². The molecule has 1 aliphatic rings. The predicted molar refractivity (Wildman–Crippen MR) is 85.3 cm³/mol. The van der Waals surface area contributed by atoms with Crippen molar-refractivity contribution < 1.29 is 0 Å². The zero-order chi connectivity index (χ0) is 13.3. The van der Waals surface area contributed by atoms with Gasteiger partial charge in [-0.25, -0.2) is 0 Å². The second-order valence-electron chi connectivity index (χ2n) is 5.15. The van der Waals surface area contributed by atoms with Crippen LogP contribution < -0.4 is 0 Å². The summed E-state index contributed by atoms with van der Waals surface area (Å²) in [6.45, 7) is 4.63. The Kier molecular flexibility index (Phi) is 3.24. The van der Waals surface area contributed by atoms with Crippen molar-refractivity contribution in [3.63, 3.8) is 0 Å². The first-order valence-corrected chi connectivity index (χ1v) is 7.60. The van der Waals surface area contributed by atoms with Gasteiger partial charge in [-0.05, 0) is 42.2 Å². The molecular weight excluding hydrogens is 248 g/mol. The molecule has 0 N–H and O–H groups in total. The summed E-state index contributed by atoms with van der Waals surface area (Å²) in [5, 5.41) is 0. The van der Waals surface area contributed by atoms with E-state index in [1.54, 1.807) is 0 Å². The predicted octanol–water partition coefficient (Wildman–Crippen LogP) is 5.50. The molecule has 0 saturated carbocycles. The summed E-state index contributed by atoms with van der Waals surface area (Å²) in [4.78, 5) is 1.39. The molecule has 1 heterocycles. The van der Waals surface area contributed by atoms with Gasteiger partial charge < -0.3 is 0 Å². The number of fused-ring (bicyclic) bond motifs is 1. The summed E-state index contributed by atoms with van der Waals surface area (Å²) in [7, 11) is 0. The van der Waals surface area contributed by atoms with Crippen LogP contribution >= 0.6 is 11.8 Å². The topological polar surface area (TPSA) is 0 Å². The number of hydrogen-bond donors (Lipinski definition) is 0. The van der Waals surface area contributed by atoms with Gasteiger partial charge in [-0.15, -0.1) is 11.8 Å². The van der Waals surface area contributed by atoms with Gasteiger partial charge in [0.25, 0.3) is 0 Å². The van der Waals surface area contributed by atoms with E-state index in [4.69, 9.17) is 0 Å². The number of benzene rings is 2. The molecule has 0 spiro atoms. The van der Waals surface area contributed by atoms with Gasteiger partial charge in [0.1, 0.15) is 0 Å². The van der Waals surface area contributed by atoms with Crippen LogP contribution in [0.4, 0.5) is 0 Å². The molecule has 0 radical (unpaired) electrons. The lowest BCUT2D eigenvalue weighted by molar-refractivity contribution is 0.772. The summed E-state index contributed by atoms with van der Waals surface area (Å²) in [6, 6.07) is 19.4. The van der Waals surface area contributed by atoms with Gasteiger partial charge >= 0.3 is 0 Å². The molecule has 0 nitrogen and oxygen atoms in total. The molecule has 0 bridgehead atoms. The standard InChI is InChI=1S/C18H18S/c1-3-18(2)16(14-9-5-4-6-10-14)13-15-11-7-8-12-17(15)19-18/h4-13H,3H2,1-2H3. The molecule has 0 fully saturated rings. The van der Waals surface area contributed by atoms with Gasteiger partial charge in [0, 0.05) is 9.64 Å². The van der Waals surface area contributed by atoms with E-state index in [2.05, 4.69) is 74.5 Å². The Hall–Kier alpha value is -1.47. The van der Waals surface area contributed by atoms with Crippen molar-refractivity contribution in [3.8, 4) is 0 Å². The van der Waals surface area contributed by atoms with Crippen molar-refractivity contribution in [2.24, 2.45) is 0 Å². The molecule has 19 heavy (non-hydrogen) atoms. The summed E-state index contributed by atoms with van der Waals surface area (Å²) >= 11 is 1.99. The minimum Gasteiger partial charge on any atom is -0.114 e. The lowest BCUT2D eigenvalue weighted by Crippen LogP contribution is -2.23. The van der Waals surface area contributed by atoms with Gasteiger partial charge in [0.15, 0.2) is 0 Å². The first-order chi connectivity index (χ1) is 9.23. The number of thioether (sulfide) groups is 1. The zero-order valence-electron chi connectivity index (χ0n) is 11.4. The van der Waals surface area contributed by atoms with E-state index >= 15 is 0 Å². The van der Waals surface area contributed by atoms with Gasteiger partial charge in [-0.3, -0.25) is 0 Å². The molecule has 3 rings (SSSR count). The van der Waals surface area contributed by atoms with Crippen molar-refractivity contribution in [2.75, 3.05) is 0 Å². The molecule has 0 amide bonds. The Bertz CT molecular complexity index is 613. The van der Waals surface area contributed by atoms with Crippen LogP contribution in [0.1, 0.15) is 31.4 Å². The third-order valence-corrected chi connectivity index (χ3v) is 5.43. The molecule has 0 aromatic heterocycles. The Balaban J connectivity index is 2.17. The van der Waals surface area contributed by atoms with Crippen LogP contribution in [-0.2, 0) is 0 Å². The van der Waals surface area contributed by atoms with Crippen LogP contribution in [0.5, 0.6) is 0 Å². The van der Waals surface area contributed by atoms with Crippen molar-refractivity contribution in [3.05, 3.63) is 65.7 Å². The second kappa shape index (κ2) is 4.90. The van der Waals surface area contributed by atoms with Crippen LogP contribution in [0.25, 0.3) is 11.6 Å². The average molecular weight is 266 g/mol. The third kappa shape index (κ3) is 2.23. The fraction of sp³-hybridized carbons (Fsp3) is 0.222. The van der Waals surface area contributed by atoms with Crippen molar-refractivity contribution >= 4 is 23.4 Å². The smallest absolute Gasteiger partial charge is 0.0431 e. The van der Waals surface area contributed by atoms with Gasteiger partial charge in [0.05, 0.1) is 0 Å². The maximum absolute atomic E-state index is 2.37. The minimum atomic E-state index is 0.162. The summed E-state index contributed by atoms with van der Waals surface area (Å²) in [6.07, 6.45) is 3.50. The van der Waals surface area contributed by atoms with Crippen LogP contribution in [-0.4, -0.2) is 4.75 Å². The normalized spacial score (nSPS) is 21.7. The molecular formula is C18H18S.